The van der Waals surface area contributed by atoms with Gasteiger partial charge in [0.25, 0.3) is 0 Å². The van der Waals surface area contributed by atoms with Crippen LogP contribution in [0.15, 0.2) is 29.2 Å². The lowest BCUT2D eigenvalue weighted by Gasteiger charge is -2.08. The van der Waals surface area contributed by atoms with E-state index in [9.17, 15) is 13.2 Å². The first-order chi connectivity index (χ1) is 8.36. The van der Waals surface area contributed by atoms with Crippen LogP contribution in [-0.4, -0.2) is 37.2 Å². The van der Waals surface area contributed by atoms with Crippen molar-refractivity contribution in [2.24, 2.45) is 0 Å². The number of aliphatic carboxylic acids is 1. The molecule has 0 aromatic heterocycles. The highest BCUT2D eigenvalue weighted by Gasteiger charge is 2.19. The lowest BCUT2D eigenvalue weighted by atomic mass is 10.2. The Bertz CT molecular complexity index is 591. The third-order valence-electron chi connectivity index (χ3n) is 2.03. The number of sulfonamides is 1. The Morgan fingerprint density at radius 3 is 2.72 bits per heavy atom. The minimum atomic E-state index is -3.95. The number of hydrogen-bond acceptors (Lipinski definition) is 5. The largest absolute Gasteiger partial charge is 0.479 e. The molecule has 0 aliphatic rings. The molecule has 0 bridgehead atoms. The molecule has 1 unspecified atom stereocenters. The van der Waals surface area contributed by atoms with Crippen molar-refractivity contribution >= 4 is 16.0 Å². The van der Waals surface area contributed by atoms with Gasteiger partial charge >= 0.3 is 5.97 Å². The third kappa shape index (κ3) is 3.53. The summed E-state index contributed by atoms with van der Waals surface area (Å²) in [6, 6.07) is 7.02. The van der Waals surface area contributed by atoms with Crippen LogP contribution in [0.2, 0.25) is 0 Å². The SMILES string of the molecule is N#Cc1cccc(S(=O)(=O)NCC(O)C(=O)O)c1. The Morgan fingerprint density at radius 2 is 2.17 bits per heavy atom. The van der Waals surface area contributed by atoms with Crippen LogP contribution in [-0.2, 0) is 14.8 Å². The smallest absolute Gasteiger partial charge is 0.333 e. The van der Waals surface area contributed by atoms with Gasteiger partial charge in [0, 0.05) is 6.54 Å². The number of nitriles is 1. The molecular formula is C10H10N2O5S. The third-order valence-corrected chi connectivity index (χ3v) is 3.45. The highest BCUT2D eigenvalue weighted by molar-refractivity contribution is 7.89. The zero-order chi connectivity index (χ0) is 13.8. The molecular weight excluding hydrogens is 260 g/mol. The zero-order valence-electron chi connectivity index (χ0n) is 9.07. The fraction of sp³-hybridized carbons (Fsp3) is 0.200. The second kappa shape index (κ2) is 5.59. The topological polar surface area (TPSA) is 127 Å². The molecule has 1 aromatic carbocycles. The van der Waals surface area contributed by atoms with E-state index in [0.29, 0.717) is 0 Å². The maximum absolute atomic E-state index is 11.7. The number of carboxylic acids is 1. The van der Waals surface area contributed by atoms with Gasteiger partial charge in [-0.2, -0.15) is 5.26 Å². The summed E-state index contributed by atoms with van der Waals surface area (Å²) < 4.78 is 25.3. The molecule has 0 saturated carbocycles. The molecule has 96 valence electrons. The number of benzene rings is 1. The molecule has 0 fully saturated rings. The van der Waals surface area contributed by atoms with Gasteiger partial charge in [-0.1, -0.05) is 6.07 Å². The first kappa shape index (κ1) is 14.1. The van der Waals surface area contributed by atoms with Gasteiger partial charge in [-0.3, -0.25) is 0 Å². The molecule has 0 aliphatic heterocycles. The van der Waals surface area contributed by atoms with Crippen LogP contribution in [0.1, 0.15) is 5.56 Å². The Kier molecular flexibility index (Phi) is 4.38. The van der Waals surface area contributed by atoms with E-state index in [1.807, 2.05) is 4.72 Å². The number of aliphatic hydroxyl groups excluding tert-OH is 1. The first-order valence-electron chi connectivity index (χ1n) is 4.77. The lowest BCUT2D eigenvalue weighted by Crippen LogP contribution is -2.36. The van der Waals surface area contributed by atoms with Gasteiger partial charge < -0.3 is 10.2 Å². The van der Waals surface area contributed by atoms with Crippen molar-refractivity contribution in [3.8, 4) is 6.07 Å². The van der Waals surface area contributed by atoms with Gasteiger partial charge in [-0.05, 0) is 18.2 Å². The normalized spacial score (nSPS) is 12.7. The maximum Gasteiger partial charge on any atom is 0.333 e. The summed E-state index contributed by atoms with van der Waals surface area (Å²) in [6.07, 6.45) is -1.82. The van der Waals surface area contributed by atoms with Crippen molar-refractivity contribution in [3.63, 3.8) is 0 Å². The Labute approximate surface area is 103 Å². The number of aliphatic hydroxyl groups is 1. The number of nitrogens with one attached hydrogen (secondary N) is 1. The minimum absolute atomic E-state index is 0.164. The van der Waals surface area contributed by atoms with Crippen LogP contribution >= 0.6 is 0 Å². The van der Waals surface area contributed by atoms with Crippen LogP contribution in [0.3, 0.4) is 0 Å². The highest BCUT2D eigenvalue weighted by atomic mass is 32.2. The van der Waals surface area contributed by atoms with Crippen molar-refractivity contribution < 1.29 is 23.4 Å². The van der Waals surface area contributed by atoms with E-state index in [-0.39, 0.29) is 10.5 Å². The standard InChI is InChI=1S/C10H10N2O5S/c11-5-7-2-1-3-8(4-7)18(16,17)12-6-9(13)10(14)15/h1-4,9,12-13H,6H2,(H,14,15). The van der Waals surface area contributed by atoms with Gasteiger partial charge in [0.05, 0.1) is 16.5 Å². The molecule has 1 atom stereocenters. The van der Waals surface area contributed by atoms with Gasteiger partial charge in [0.2, 0.25) is 10.0 Å². The molecule has 1 rings (SSSR count). The fourth-order valence-corrected chi connectivity index (χ4v) is 2.18. The summed E-state index contributed by atoms with van der Waals surface area (Å²) in [7, 11) is -3.95. The Hall–Kier alpha value is -1.95. The predicted octanol–water partition coefficient (Wildman–Crippen LogP) is -0.718. The molecule has 0 amide bonds. The predicted molar refractivity (Wildman–Crippen MR) is 60.0 cm³/mol. The Morgan fingerprint density at radius 1 is 1.50 bits per heavy atom. The second-order valence-electron chi connectivity index (χ2n) is 3.35. The molecule has 0 aliphatic carbocycles. The molecule has 0 radical (unpaired) electrons. The van der Waals surface area contributed by atoms with Crippen LogP contribution in [0.5, 0.6) is 0 Å². The summed E-state index contributed by atoms with van der Waals surface area (Å²) in [4.78, 5) is 10.2. The fourth-order valence-electron chi connectivity index (χ4n) is 1.09. The van der Waals surface area contributed by atoms with Crippen LogP contribution < -0.4 is 4.72 Å². The van der Waals surface area contributed by atoms with E-state index < -0.39 is 28.6 Å². The number of carboxylic acid groups (broad SMARTS) is 1. The average Bonchev–Trinajstić information content (AvgIpc) is 2.36. The second-order valence-corrected chi connectivity index (χ2v) is 5.11. The molecule has 0 heterocycles. The van der Waals surface area contributed by atoms with E-state index in [0.717, 1.165) is 6.07 Å². The van der Waals surface area contributed by atoms with Gasteiger partial charge in [0.1, 0.15) is 0 Å². The first-order valence-corrected chi connectivity index (χ1v) is 6.26. The van der Waals surface area contributed by atoms with E-state index >= 15 is 0 Å². The number of carbonyl (C=O) groups is 1. The van der Waals surface area contributed by atoms with Gasteiger partial charge in [0.15, 0.2) is 6.10 Å². The molecule has 0 saturated heterocycles. The van der Waals surface area contributed by atoms with Crippen molar-refractivity contribution in [3.05, 3.63) is 29.8 Å². The molecule has 0 spiro atoms. The van der Waals surface area contributed by atoms with E-state index in [1.165, 1.54) is 18.2 Å². The molecule has 1 aromatic rings. The van der Waals surface area contributed by atoms with Crippen molar-refractivity contribution in [2.45, 2.75) is 11.0 Å². The molecule has 8 heteroatoms. The van der Waals surface area contributed by atoms with Crippen molar-refractivity contribution in [1.82, 2.24) is 4.72 Å². The molecule has 18 heavy (non-hydrogen) atoms. The quantitative estimate of drug-likeness (QED) is 0.648. The monoisotopic (exact) mass is 270 g/mol. The van der Waals surface area contributed by atoms with Crippen LogP contribution in [0, 0.1) is 11.3 Å². The van der Waals surface area contributed by atoms with Crippen LogP contribution in [0.25, 0.3) is 0 Å². The number of rotatable bonds is 5. The highest BCUT2D eigenvalue weighted by Crippen LogP contribution is 2.10. The summed E-state index contributed by atoms with van der Waals surface area (Å²) in [6.45, 7) is -0.644. The summed E-state index contributed by atoms with van der Waals surface area (Å²) >= 11 is 0. The van der Waals surface area contributed by atoms with Crippen LogP contribution in [0.4, 0.5) is 0 Å². The van der Waals surface area contributed by atoms with Crippen molar-refractivity contribution in [2.75, 3.05) is 6.54 Å². The summed E-state index contributed by atoms with van der Waals surface area (Å²) in [5, 5.41) is 26.0. The van der Waals surface area contributed by atoms with E-state index in [2.05, 4.69) is 0 Å². The van der Waals surface area contributed by atoms with Crippen molar-refractivity contribution in [1.29, 1.82) is 5.26 Å². The average molecular weight is 270 g/mol. The lowest BCUT2D eigenvalue weighted by molar-refractivity contribution is -0.146. The van der Waals surface area contributed by atoms with E-state index in [1.54, 1.807) is 6.07 Å². The molecule has 7 nitrogen and oxygen atoms in total. The van der Waals surface area contributed by atoms with E-state index in [4.69, 9.17) is 15.5 Å². The zero-order valence-corrected chi connectivity index (χ0v) is 9.88. The Balaban J connectivity index is 2.87. The maximum atomic E-state index is 11.7. The number of hydrogen-bond donors (Lipinski definition) is 3. The van der Waals surface area contributed by atoms with Gasteiger partial charge in [-0.25, -0.2) is 17.9 Å². The summed E-state index contributed by atoms with van der Waals surface area (Å²) in [5.41, 5.74) is 0.164. The molecule has 3 N–H and O–H groups in total. The van der Waals surface area contributed by atoms with Gasteiger partial charge in [-0.15, -0.1) is 0 Å². The minimum Gasteiger partial charge on any atom is -0.479 e. The summed E-state index contributed by atoms with van der Waals surface area (Å²) in [5.74, 6) is -1.52. The number of nitrogens with zero attached hydrogens (tertiary/aromatic N) is 1.